The van der Waals surface area contributed by atoms with Crippen LogP contribution in [0.2, 0.25) is 0 Å². The number of aliphatic hydroxyl groups is 1. The largest absolute Gasteiger partial charge is 0.390 e. The van der Waals surface area contributed by atoms with Crippen molar-refractivity contribution in [3.05, 3.63) is 41.3 Å². The lowest BCUT2D eigenvalue weighted by Crippen LogP contribution is -2.12. The Morgan fingerprint density at radius 2 is 2.00 bits per heavy atom. The topological polar surface area (TPSA) is 38.0 Å². The van der Waals surface area contributed by atoms with E-state index in [1.807, 2.05) is 0 Å². The van der Waals surface area contributed by atoms with E-state index in [1.165, 1.54) is 18.4 Å². The van der Waals surface area contributed by atoms with Gasteiger partial charge in [-0.2, -0.15) is 0 Å². The lowest BCUT2D eigenvalue weighted by Gasteiger charge is -2.15. The van der Waals surface area contributed by atoms with Gasteiger partial charge in [-0.1, -0.05) is 29.8 Å². The normalized spacial score (nSPS) is 14.6. The molecule has 2 aromatic rings. The van der Waals surface area contributed by atoms with E-state index in [0.717, 1.165) is 35.7 Å². The van der Waals surface area contributed by atoms with Crippen LogP contribution >= 0.6 is 0 Å². The maximum atomic E-state index is 9.62. The van der Waals surface area contributed by atoms with E-state index < -0.39 is 0 Å². The Kier molecular flexibility index (Phi) is 2.92. The molecule has 0 atom stereocenters. The first-order chi connectivity index (χ1) is 8.79. The van der Waals surface area contributed by atoms with Crippen LogP contribution in [0.15, 0.2) is 24.3 Å². The van der Waals surface area contributed by atoms with E-state index >= 15 is 0 Å². The minimum atomic E-state index is 0.0657. The van der Waals surface area contributed by atoms with Gasteiger partial charge in [-0.15, -0.1) is 0 Å². The third-order valence-corrected chi connectivity index (χ3v) is 3.66. The molecule has 0 saturated heterocycles. The second kappa shape index (κ2) is 4.58. The van der Waals surface area contributed by atoms with Gasteiger partial charge >= 0.3 is 0 Å². The number of aliphatic hydroxyl groups excluding tert-OH is 1. The molecule has 1 N–H and O–H groups in total. The monoisotopic (exact) mass is 242 g/mol. The fraction of sp³-hybridized carbons (Fsp3) is 0.400. The van der Waals surface area contributed by atoms with Crippen molar-refractivity contribution in [1.82, 2.24) is 9.55 Å². The Balaban J connectivity index is 2.11. The molecule has 0 bridgehead atoms. The van der Waals surface area contributed by atoms with E-state index in [0.29, 0.717) is 0 Å². The molecule has 0 aliphatic carbocycles. The fourth-order valence-electron chi connectivity index (χ4n) is 2.65. The molecule has 3 rings (SSSR count). The first-order valence-electron chi connectivity index (χ1n) is 6.56. The van der Waals surface area contributed by atoms with Gasteiger partial charge in [0.2, 0.25) is 0 Å². The van der Waals surface area contributed by atoms with Crippen LogP contribution in [-0.4, -0.2) is 14.7 Å². The second-order valence-corrected chi connectivity index (χ2v) is 4.96. The summed E-state index contributed by atoms with van der Waals surface area (Å²) in [6.45, 7) is 3.13. The molecule has 18 heavy (non-hydrogen) atoms. The summed E-state index contributed by atoms with van der Waals surface area (Å²) in [4.78, 5) is 4.72. The Labute approximate surface area is 107 Å². The Morgan fingerprint density at radius 1 is 1.22 bits per heavy atom. The van der Waals surface area contributed by atoms with Gasteiger partial charge in [0.25, 0.3) is 0 Å². The van der Waals surface area contributed by atoms with Crippen LogP contribution in [0, 0.1) is 6.92 Å². The van der Waals surface area contributed by atoms with Crippen LogP contribution in [0.25, 0.3) is 11.3 Å². The molecule has 0 amide bonds. The number of benzene rings is 1. The maximum Gasteiger partial charge on any atom is 0.109 e. The lowest BCUT2D eigenvalue weighted by atomic mass is 10.1. The van der Waals surface area contributed by atoms with Gasteiger partial charge in [-0.25, -0.2) is 4.98 Å². The smallest absolute Gasteiger partial charge is 0.109 e. The molecule has 1 aromatic carbocycles. The van der Waals surface area contributed by atoms with Crippen molar-refractivity contribution in [2.45, 2.75) is 39.3 Å². The van der Waals surface area contributed by atoms with E-state index in [9.17, 15) is 5.11 Å². The van der Waals surface area contributed by atoms with Gasteiger partial charge in [0.1, 0.15) is 5.82 Å². The van der Waals surface area contributed by atoms with Crippen LogP contribution in [0.5, 0.6) is 0 Å². The molecule has 2 heterocycles. The Hall–Kier alpha value is -1.61. The molecule has 1 aliphatic heterocycles. The van der Waals surface area contributed by atoms with Crippen molar-refractivity contribution in [2.24, 2.45) is 0 Å². The van der Waals surface area contributed by atoms with Gasteiger partial charge in [0, 0.05) is 18.5 Å². The zero-order chi connectivity index (χ0) is 12.5. The standard InChI is InChI=1S/C15H18N2O/c1-11-5-7-12(8-6-11)15-13(10-18)17-9-3-2-4-14(17)16-15/h5-8,18H,2-4,9-10H2,1H3. The number of hydrogen-bond acceptors (Lipinski definition) is 2. The summed E-state index contributed by atoms with van der Waals surface area (Å²) in [6.07, 6.45) is 3.41. The third-order valence-electron chi connectivity index (χ3n) is 3.66. The molecule has 0 radical (unpaired) electrons. The van der Waals surface area contributed by atoms with Gasteiger partial charge < -0.3 is 9.67 Å². The van der Waals surface area contributed by atoms with Gasteiger partial charge in [-0.3, -0.25) is 0 Å². The highest BCUT2D eigenvalue weighted by atomic mass is 16.3. The second-order valence-electron chi connectivity index (χ2n) is 4.96. The predicted molar refractivity (Wildman–Crippen MR) is 71.3 cm³/mol. The Morgan fingerprint density at radius 3 is 2.72 bits per heavy atom. The van der Waals surface area contributed by atoms with Gasteiger partial charge in [-0.05, 0) is 19.8 Å². The van der Waals surface area contributed by atoms with Crippen LogP contribution < -0.4 is 0 Å². The lowest BCUT2D eigenvalue weighted by molar-refractivity contribution is 0.268. The molecule has 0 fully saturated rings. The molecule has 3 nitrogen and oxygen atoms in total. The van der Waals surface area contributed by atoms with Crippen molar-refractivity contribution in [1.29, 1.82) is 0 Å². The fourth-order valence-corrected chi connectivity index (χ4v) is 2.65. The van der Waals surface area contributed by atoms with Crippen molar-refractivity contribution in [3.63, 3.8) is 0 Å². The number of imidazole rings is 1. The molecule has 0 unspecified atom stereocenters. The minimum absolute atomic E-state index is 0.0657. The first-order valence-corrected chi connectivity index (χ1v) is 6.56. The number of rotatable bonds is 2. The van der Waals surface area contributed by atoms with E-state index in [-0.39, 0.29) is 6.61 Å². The summed E-state index contributed by atoms with van der Waals surface area (Å²) in [5.41, 5.74) is 4.27. The summed E-state index contributed by atoms with van der Waals surface area (Å²) < 4.78 is 2.19. The van der Waals surface area contributed by atoms with Crippen molar-refractivity contribution < 1.29 is 5.11 Å². The van der Waals surface area contributed by atoms with Crippen molar-refractivity contribution in [2.75, 3.05) is 0 Å². The van der Waals surface area contributed by atoms with E-state index in [1.54, 1.807) is 0 Å². The summed E-state index contributed by atoms with van der Waals surface area (Å²) >= 11 is 0. The molecule has 0 saturated carbocycles. The highest BCUT2D eigenvalue weighted by Gasteiger charge is 2.19. The average Bonchev–Trinajstić information content (AvgIpc) is 2.78. The molecular formula is C15H18N2O. The molecule has 1 aliphatic rings. The van der Waals surface area contributed by atoms with Gasteiger partial charge in [0.05, 0.1) is 18.0 Å². The predicted octanol–water partition coefficient (Wildman–Crippen LogP) is 2.69. The summed E-state index contributed by atoms with van der Waals surface area (Å²) in [6, 6.07) is 8.36. The first kappa shape index (κ1) is 11.5. The summed E-state index contributed by atoms with van der Waals surface area (Å²) in [5.74, 6) is 1.13. The quantitative estimate of drug-likeness (QED) is 0.879. The highest BCUT2D eigenvalue weighted by molar-refractivity contribution is 5.62. The number of hydrogen-bond donors (Lipinski definition) is 1. The van der Waals surface area contributed by atoms with Crippen LogP contribution in [0.4, 0.5) is 0 Å². The molecule has 0 spiro atoms. The van der Waals surface area contributed by atoms with Crippen LogP contribution in [0.3, 0.4) is 0 Å². The van der Waals surface area contributed by atoms with E-state index in [4.69, 9.17) is 4.98 Å². The third kappa shape index (κ3) is 1.85. The SMILES string of the molecule is Cc1ccc(-c2nc3n(c2CO)CCCC3)cc1. The molecule has 3 heteroatoms. The summed E-state index contributed by atoms with van der Waals surface area (Å²) in [7, 11) is 0. The number of nitrogens with zero attached hydrogens (tertiary/aromatic N) is 2. The van der Waals surface area contributed by atoms with Crippen molar-refractivity contribution >= 4 is 0 Å². The van der Waals surface area contributed by atoms with Gasteiger partial charge in [0.15, 0.2) is 0 Å². The summed E-state index contributed by atoms with van der Waals surface area (Å²) in [5, 5.41) is 9.62. The zero-order valence-corrected chi connectivity index (χ0v) is 10.7. The number of fused-ring (bicyclic) bond motifs is 1. The van der Waals surface area contributed by atoms with E-state index in [2.05, 4.69) is 35.8 Å². The molecule has 1 aromatic heterocycles. The average molecular weight is 242 g/mol. The zero-order valence-electron chi connectivity index (χ0n) is 10.7. The number of aryl methyl sites for hydroxylation is 2. The highest BCUT2D eigenvalue weighted by Crippen LogP contribution is 2.27. The van der Waals surface area contributed by atoms with Crippen molar-refractivity contribution in [3.8, 4) is 11.3 Å². The van der Waals surface area contributed by atoms with Crippen LogP contribution in [0.1, 0.15) is 29.9 Å². The maximum absolute atomic E-state index is 9.62. The molecular weight excluding hydrogens is 224 g/mol. The molecule has 94 valence electrons. The number of aromatic nitrogens is 2. The Bertz CT molecular complexity index is 555. The van der Waals surface area contributed by atoms with Crippen LogP contribution in [-0.2, 0) is 19.6 Å². The minimum Gasteiger partial charge on any atom is -0.390 e.